The topological polar surface area (TPSA) is 79.0 Å². The third kappa shape index (κ3) is 5.35. The van der Waals surface area contributed by atoms with E-state index in [1.54, 1.807) is 24.3 Å². The molecule has 0 radical (unpaired) electrons. The third-order valence-electron chi connectivity index (χ3n) is 4.84. The normalized spacial score (nSPS) is 17.0. The van der Waals surface area contributed by atoms with E-state index >= 15 is 0 Å². The molecular weight excluding hydrogens is 390 g/mol. The molecule has 156 valence electrons. The number of ether oxygens (including phenoxy) is 1. The Hall–Kier alpha value is -2.42. The molecule has 1 aliphatic heterocycles. The van der Waals surface area contributed by atoms with Crippen molar-refractivity contribution in [3.8, 4) is 5.75 Å². The molecule has 2 aromatic carbocycles. The van der Waals surface area contributed by atoms with Crippen LogP contribution >= 0.6 is 0 Å². The van der Waals surface area contributed by atoms with Crippen LogP contribution in [0.25, 0.3) is 0 Å². The number of benzene rings is 2. The highest BCUT2D eigenvalue weighted by molar-refractivity contribution is 7.86. The van der Waals surface area contributed by atoms with Crippen molar-refractivity contribution in [2.45, 2.75) is 26.8 Å². The summed E-state index contributed by atoms with van der Waals surface area (Å²) in [7, 11) is -3.69. The summed E-state index contributed by atoms with van der Waals surface area (Å²) >= 11 is 0. The van der Waals surface area contributed by atoms with E-state index in [1.165, 1.54) is 8.61 Å². The molecule has 0 saturated carbocycles. The smallest absolute Gasteiger partial charge is 0.282 e. The van der Waals surface area contributed by atoms with Crippen molar-refractivity contribution in [3.05, 3.63) is 59.7 Å². The summed E-state index contributed by atoms with van der Waals surface area (Å²) in [6.45, 7) is 5.32. The summed E-state index contributed by atoms with van der Waals surface area (Å²) in [5.74, 6) is 0.353. The van der Waals surface area contributed by atoms with Gasteiger partial charge in [0.1, 0.15) is 5.75 Å². The number of nitrogens with zero attached hydrogens (tertiary/aromatic N) is 2. The molecule has 0 spiro atoms. The van der Waals surface area contributed by atoms with Crippen molar-refractivity contribution >= 4 is 21.8 Å². The van der Waals surface area contributed by atoms with Gasteiger partial charge in [-0.2, -0.15) is 17.0 Å². The van der Waals surface area contributed by atoms with E-state index in [1.807, 2.05) is 38.1 Å². The molecule has 0 unspecified atom stereocenters. The molecule has 1 fully saturated rings. The Bertz CT molecular complexity index is 945. The highest BCUT2D eigenvalue weighted by Crippen LogP contribution is 2.21. The van der Waals surface area contributed by atoms with E-state index in [2.05, 4.69) is 5.32 Å². The number of anilines is 1. The lowest BCUT2D eigenvalue weighted by molar-refractivity contribution is -0.116. The molecule has 8 heteroatoms. The molecule has 1 amide bonds. The van der Waals surface area contributed by atoms with Crippen LogP contribution in [0.4, 0.5) is 5.69 Å². The summed E-state index contributed by atoms with van der Waals surface area (Å²) in [4.78, 5) is 12.4. The van der Waals surface area contributed by atoms with Crippen LogP contribution < -0.4 is 10.1 Å². The Morgan fingerprint density at radius 1 is 1.07 bits per heavy atom. The second-order valence-electron chi connectivity index (χ2n) is 6.96. The number of amides is 1. The lowest BCUT2D eigenvalue weighted by Gasteiger charge is -2.34. The van der Waals surface area contributed by atoms with Gasteiger partial charge < -0.3 is 10.1 Å². The summed E-state index contributed by atoms with van der Waals surface area (Å²) in [5, 5.41) is 2.75. The molecule has 1 saturated heterocycles. The largest absolute Gasteiger partial charge is 0.494 e. The molecule has 0 bridgehead atoms. The van der Waals surface area contributed by atoms with Gasteiger partial charge in [0.25, 0.3) is 10.2 Å². The van der Waals surface area contributed by atoms with Gasteiger partial charge in [-0.15, -0.1) is 0 Å². The molecule has 0 aliphatic carbocycles. The molecule has 0 atom stereocenters. The van der Waals surface area contributed by atoms with Crippen LogP contribution in [0.5, 0.6) is 5.75 Å². The van der Waals surface area contributed by atoms with Crippen LogP contribution in [0, 0.1) is 6.92 Å². The zero-order chi connectivity index (χ0) is 20.9. The highest BCUT2D eigenvalue weighted by atomic mass is 32.2. The lowest BCUT2D eigenvalue weighted by atomic mass is 10.1. The van der Waals surface area contributed by atoms with Crippen LogP contribution in [0.2, 0.25) is 0 Å². The molecule has 29 heavy (non-hydrogen) atoms. The minimum Gasteiger partial charge on any atom is -0.494 e. The summed E-state index contributed by atoms with van der Waals surface area (Å²) in [6, 6.07) is 14.7. The van der Waals surface area contributed by atoms with Gasteiger partial charge in [0.05, 0.1) is 13.2 Å². The number of hydrogen-bond acceptors (Lipinski definition) is 4. The number of aryl methyl sites for hydroxylation is 1. The van der Waals surface area contributed by atoms with Gasteiger partial charge in [-0.25, -0.2) is 0 Å². The van der Waals surface area contributed by atoms with Crippen LogP contribution in [0.15, 0.2) is 48.5 Å². The monoisotopic (exact) mass is 417 g/mol. The number of carbonyl (C=O) groups is 1. The number of carbonyl (C=O) groups excluding carboxylic acids is 1. The fourth-order valence-electron chi connectivity index (χ4n) is 3.28. The van der Waals surface area contributed by atoms with Crippen molar-refractivity contribution in [2.75, 3.05) is 31.6 Å². The number of rotatable bonds is 7. The number of hydrogen-bond donors (Lipinski definition) is 1. The van der Waals surface area contributed by atoms with Gasteiger partial charge in [0.15, 0.2) is 0 Å². The molecular formula is C21H27N3O4S. The van der Waals surface area contributed by atoms with E-state index in [4.69, 9.17) is 4.74 Å². The van der Waals surface area contributed by atoms with E-state index in [0.717, 1.165) is 16.9 Å². The first kappa shape index (κ1) is 21.3. The van der Waals surface area contributed by atoms with Gasteiger partial charge >= 0.3 is 0 Å². The van der Waals surface area contributed by atoms with Crippen LogP contribution in [0.3, 0.4) is 0 Å². The van der Waals surface area contributed by atoms with Gasteiger partial charge in [0, 0.05) is 25.3 Å². The summed E-state index contributed by atoms with van der Waals surface area (Å²) in [5.41, 5.74) is 2.62. The Kier molecular flexibility index (Phi) is 6.89. The maximum atomic E-state index is 13.0. The Morgan fingerprint density at radius 3 is 2.45 bits per heavy atom. The van der Waals surface area contributed by atoms with E-state index in [-0.39, 0.29) is 12.5 Å². The average molecular weight is 418 g/mol. The fraction of sp³-hybridized carbons (Fsp3) is 0.381. The maximum Gasteiger partial charge on any atom is 0.282 e. The standard InChI is InChI=1S/C21H27N3O4S/c1-3-28-20-11-9-19(10-12-20)22-21(25)16-24-14-6-13-23(29(24,26)27)15-18-8-5-4-7-17(18)2/h4-5,7-12H,3,6,13-16H2,1-2H3,(H,22,25). The van der Waals surface area contributed by atoms with E-state index in [9.17, 15) is 13.2 Å². The predicted molar refractivity (Wildman–Crippen MR) is 113 cm³/mol. The molecule has 2 aromatic rings. The van der Waals surface area contributed by atoms with Crippen molar-refractivity contribution < 1.29 is 17.9 Å². The molecule has 3 rings (SSSR count). The molecule has 1 N–H and O–H groups in total. The first-order valence-corrected chi connectivity index (χ1v) is 11.1. The minimum absolute atomic E-state index is 0.209. The molecule has 1 aliphatic rings. The Morgan fingerprint density at radius 2 is 1.76 bits per heavy atom. The quantitative estimate of drug-likeness (QED) is 0.751. The second kappa shape index (κ2) is 9.39. The van der Waals surface area contributed by atoms with Crippen molar-refractivity contribution in [1.29, 1.82) is 0 Å². The third-order valence-corrected chi connectivity index (χ3v) is 6.77. The lowest BCUT2D eigenvalue weighted by Crippen LogP contribution is -2.51. The van der Waals surface area contributed by atoms with Crippen molar-refractivity contribution in [1.82, 2.24) is 8.61 Å². The SMILES string of the molecule is CCOc1ccc(NC(=O)CN2CCCN(Cc3ccccc3C)S2(=O)=O)cc1. The minimum atomic E-state index is -3.69. The van der Waals surface area contributed by atoms with Crippen molar-refractivity contribution in [2.24, 2.45) is 0 Å². The summed E-state index contributed by atoms with van der Waals surface area (Å²) < 4.78 is 34.1. The van der Waals surface area contributed by atoms with Gasteiger partial charge in [-0.05, 0) is 55.7 Å². The zero-order valence-electron chi connectivity index (χ0n) is 16.8. The first-order chi connectivity index (χ1) is 13.9. The van der Waals surface area contributed by atoms with E-state index < -0.39 is 10.2 Å². The van der Waals surface area contributed by atoms with Crippen molar-refractivity contribution in [3.63, 3.8) is 0 Å². The van der Waals surface area contributed by atoms with E-state index in [0.29, 0.717) is 38.3 Å². The zero-order valence-corrected chi connectivity index (χ0v) is 17.6. The van der Waals surface area contributed by atoms with Gasteiger partial charge in [-0.1, -0.05) is 24.3 Å². The predicted octanol–water partition coefficient (Wildman–Crippen LogP) is 2.78. The van der Waals surface area contributed by atoms with Crippen LogP contribution in [-0.2, 0) is 21.5 Å². The molecule has 1 heterocycles. The molecule has 7 nitrogen and oxygen atoms in total. The van der Waals surface area contributed by atoms with Gasteiger partial charge in [0.2, 0.25) is 5.91 Å². The number of nitrogens with one attached hydrogen (secondary N) is 1. The average Bonchev–Trinajstić information content (AvgIpc) is 2.68. The summed E-state index contributed by atoms with van der Waals surface area (Å²) in [6.07, 6.45) is 0.682. The highest BCUT2D eigenvalue weighted by Gasteiger charge is 2.34. The van der Waals surface area contributed by atoms with Crippen LogP contribution in [-0.4, -0.2) is 49.2 Å². The maximum absolute atomic E-state index is 13.0. The van der Waals surface area contributed by atoms with Crippen LogP contribution in [0.1, 0.15) is 24.5 Å². The molecule has 0 aromatic heterocycles. The fourth-order valence-corrected chi connectivity index (χ4v) is 4.91. The van der Waals surface area contributed by atoms with Gasteiger partial charge in [-0.3, -0.25) is 4.79 Å². The Labute approximate surface area is 172 Å². The second-order valence-corrected chi connectivity index (χ2v) is 8.89. The Balaban J connectivity index is 1.63. The first-order valence-electron chi connectivity index (χ1n) is 9.72.